The first-order chi connectivity index (χ1) is 16.0. The fraction of sp³-hybridized carbons (Fsp3) is 0.385. The van der Waals surface area contributed by atoms with E-state index in [9.17, 15) is 9.59 Å². The van der Waals surface area contributed by atoms with Crippen molar-refractivity contribution in [3.63, 3.8) is 0 Å². The molecule has 0 radical (unpaired) electrons. The van der Waals surface area contributed by atoms with E-state index in [-0.39, 0.29) is 17.5 Å². The van der Waals surface area contributed by atoms with Crippen LogP contribution in [0.5, 0.6) is 5.75 Å². The van der Waals surface area contributed by atoms with Crippen molar-refractivity contribution in [3.05, 3.63) is 76.7 Å². The van der Waals surface area contributed by atoms with E-state index < -0.39 is 0 Å². The van der Waals surface area contributed by atoms with E-state index in [2.05, 4.69) is 10.2 Å². The molecule has 2 heterocycles. The lowest BCUT2D eigenvalue weighted by Gasteiger charge is -2.35. The maximum absolute atomic E-state index is 13.1. The Morgan fingerprint density at radius 2 is 1.79 bits per heavy atom. The quantitative estimate of drug-likeness (QED) is 0.600. The van der Waals surface area contributed by atoms with E-state index >= 15 is 0 Å². The largest absolute Gasteiger partial charge is 0.493 e. The van der Waals surface area contributed by atoms with Gasteiger partial charge in [-0.3, -0.25) is 19.2 Å². The van der Waals surface area contributed by atoms with Gasteiger partial charge in [0.15, 0.2) is 0 Å². The van der Waals surface area contributed by atoms with Crippen LogP contribution in [0.4, 0.5) is 5.69 Å². The lowest BCUT2D eigenvalue weighted by Crippen LogP contribution is -2.48. The van der Waals surface area contributed by atoms with Gasteiger partial charge in [-0.25, -0.2) is 4.68 Å². The SMILES string of the molecule is Cc1c(NC(=O)C(C)N2CCCC(COc3ccccc3)C2)c(=O)n(-c2ccccc2)n1C. The summed E-state index contributed by atoms with van der Waals surface area (Å²) in [4.78, 5) is 28.4. The van der Waals surface area contributed by atoms with Crippen molar-refractivity contribution >= 4 is 11.6 Å². The van der Waals surface area contributed by atoms with Gasteiger partial charge in [0.25, 0.3) is 5.56 Å². The van der Waals surface area contributed by atoms with Crippen molar-refractivity contribution in [2.24, 2.45) is 13.0 Å². The minimum absolute atomic E-state index is 0.161. The Kier molecular flexibility index (Phi) is 6.99. The van der Waals surface area contributed by atoms with Crippen molar-refractivity contribution in [2.75, 3.05) is 25.0 Å². The highest BCUT2D eigenvalue weighted by atomic mass is 16.5. The zero-order chi connectivity index (χ0) is 23.4. The summed E-state index contributed by atoms with van der Waals surface area (Å²) in [5.74, 6) is 1.07. The van der Waals surface area contributed by atoms with Crippen LogP contribution in [0.25, 0.3) is 5.69 Å². The molecule has 33 heavy (non-hydrogen) atoms. The summed E-state index contributed by atoms with van der Waals surface area (Å²) in [6.07, 6.45) is 2.10. The maximum atomic E-state index is 13.1. The number of para-hydroxylation sites is 2. The fourth-order valence-corrected chi connectivity index (χ4v) is 4.42. The summed E-state index contributed by atoms with van der Waals surface area (Å²) in [5, 5.41) is 2.91. The van der Waals surface area contributed by atoms with Crippen LogP contribution in [0.2, 0.25) is 0 Å². The summed E-state index contributed by atoms with van der Waals surface area (Å²) < 4.78 is 9.30. The van der Waals surface area contributed by atoms with Crippen molar-refractivity contribution < 1.29 is 9.53 Å². The molecule has 0 saturated carbocycles. The molecule has 174 valence electrons. The lowest BCUT2D eigenvalue weighted by atomic mass is 9.97. The van der Waals surface area contributed by atoms with Crippen molar-refractivity contribution in [3.8, 4) is 11.4 Å². The van der Waals surface area contributed by atoms with Crippen LogP contribution < -0.4 is 15.6 Å². The third kappa shape index (κ3) is 5.03. The Labute approximate surface area is 194 Å². The van der Waals surface area contributed by atoms with Crippen LogP contribution >= 0.6 is 0 Å². The Morgan fingerprint density at radius 1 is 1.12 bits per heavy atom. The molecule has 7 heteroatoms. The Balaban J connectivity index is 1.42. The van der Waals surface area contributed by atoms with Crippen LogP contribution in [-0.2, 0) is 11.8 Å². The van der Waals surface area contributed by atoms with Gasteiger partial charge in [0.05, 0.1) is 24.0 Å². The molecule has 0 spiro atoms. The number of benzene rings is 2. The molecule has 2 unspecified atom stereocenters. The minimum atomic E-state index is -0.339. The number of aromatic nitrogens is 2. The smallest absolute Gasteiger partial charge is 0.295 e. The Morgan fingerprint density at radius 3 is 2.48 bits per heavy atom. The van der Waals surface area contributed by atoms with Gasteiger partial charge >= 0.3 is 0 Å². The van der Waals surface area contributed by atoms with Crippen molar-refractivity contribution in [1.29, 1.82) is 0 Å². The van der Waals surface area contributed by atoms with Crippen molar-refractivity contribution in [1.82, 2.24) is 14.3 Å². The lowest BCUT2D eigenvalue weighted by molar-refractivity contribution is -0.121. The standard InChI is InChI=1S/C26H32N4O3/c1-19-24(26(32)30(28(19)3)22-12-6-4-7-13-22)27-25(31)20(2)29-16-10-11-21(17-29)18-33-23-14-8-5-9-15-23/h4-9,12-15,20-21H,10-11,16-18H2,1-3H3,(H,27,31). The number of nitrogens with one attached hydrogen (secondary N) is 1. The minimum Gasteiger partial charge on any atom is -0.493 e. The highest BCUT2D eigenvalue weighted by Crippen LogP contribution is 2.21. The van der Waals surface area contributed by atoms with Crippen LogP contribution in [-0.4, -0.2) is 45.9 Å². The third-order valence-electron chi connectivity index (χ3n) is 6.51. The summed E-state index contributed by atoms with van der Waals surface area (Å²) in [6.45, 7) is 6.04. The van der Waals surface area contributed by atoms with Gasteiger partial charge in [0, 0.05) is 19.5 Å². The number of piperidine rings is 1. The predicted octanol–water partition coefficient (Wildman–Crippen LogP) is 3.60. The number of rotatable bonds is 7. The molecule has 7 nitrogen and oxygen atoms in total. The molecule has 0 aliphatic carbocycles. The monoisotopic (exact) mass is 448 g/mol. The average Bonchev–Trinajstić information content (AvgIpc) is 3.06. The molecule has 1 aliphatic rings. The van der Waals surface area contributed by atoms with E-state index in [4.69, 9.17) is 4.74 Å². The van der Waals surface area contributed by atoms with E-state index in [1.165, 1.54) is 0 Å². The molecule has 0 bridgehead atoms. The first kappa shape index (κ1) is 22.9. The van der Waals surface area contributed by atoms with Crippen LogP contribution in [0, 0.1) is 12.8 Å². The highest BCUT2D eigenvalue weighted by Gasteiger charge is 2.29. The van der Waals surface area contributed by atoms with Gasteiger partial charge in [-0.15, -0.1) is 0 Å². The van der Waals surface area contributed by atoms with E-state index in [0.29, 0.717) is 18.2 Å². The first-order valence-electron chi connectivity index (χ1n) is 11.5. The van der Waals surface area contributed by atoms with Gasteiger partial charge in [-0.1, -0.05) is 36.4 Å². The second kappa shape index (κ2) is 10.1. The number of anilines is 1. The first-order valence-corrected chi connectivity index (χ1v) is 11.5. The topological polar surface area (TPSA) is 68.5 Å². The van der Waals surface area contributed by atoms with Gasteiger partial charge in [-0.05, 0) is 57.5 Å². The zero-order valence-corrected chi connectivity index (χ0v) is 19.5. The van der Waals surface area contributed by atoms with Crippen molar-refractivity contribution in [2.45, 2.75) is 32.7 Å². The number of likely N-dealkylation sites (tertiary alicyclic amines) is 1. The summed E-state index contributed by atoms with van der Waals surface area (Å²) in [5.41, 5.74) is 1.59. The molecule has 2 atom stereocenters. The van der Waals surface area contributed by atoms with Crippen LogP contribution in [0.15, 0.2) is 65.5 Å². The second-order valence-corrected chi connectivity index (χ2v) is 8.73. The highest BCUT2D eigenvalue weighted by molar-refractivity contribution is 5.95. The maximum Gasteiger partial charge on any atom is 0.295 e. The van der Waals surface area contributed by atoms with Crippen LogP contribution in [0.1, 0.15) is 25.5 Å². The molecule has 1 saturated heterocycles. The molecule has 1 aliphatic heterocycles. The van der Waals surface area contributed by atoms with E-state index in [0.717, 1.165) is 43.1 Å². The third-order valence-corrected chi connectivity index (χ3v) is 6.51. The van der Waals surface area contributed by atoms with E-state index in [1.54, 1.807) is 9.36 Å². The summed E-state index contributed by atoms with van der Waals surface area (Å²) in [6, 6.07) is 18.9. The average molecular weight is 449 g/mol. The molecular weight excluding hydrogens is 416 g/mol. The number of amides is 1. The Hall–Kier alpha value is -3.32. The number of carbonyl (C=O) groups excluding carboxylic acids is 1. The van der Waals surface area contributed by atoms with Crippen LogP contribution in [0.3, 0.4) is 0 Å². The molecule has 3 aromatic rings. The normalized spacial score (nSPS) is 17.5. The zero-order valence-electron chi connectivity index (χ0n) is 19.5. The molecule has 1 amide bonds. The van der Waals surface area contributed by atoms with Gasteiger partial charge < -0.3 is 10.1 Å². The predicted molar refractivity (Wildman–Crippen MR) is 130 cm³/mol. The molecule has 1 fully saturated rings. The number of hydrogen-bond donors (Lipinski definition) is 1. The molecule has 1 N–H and O–H groups in total. The fourth-order valence-electron chi connectivity index (χ4n) is 4.42. The summed E-state index contributed by atoms with van der Waals surface area (Å²) in [7, 11) is 1.82. The number of ether oxygens (including phenoxy) is 1. The van der Waals surface area contributed by atoms with Gasteiger partial charge in [0.1, 0.15) is 11.4 Å². The number of hydrogen-bond acceptors (Lipinski definition) is 4. The molecule has 1 aromatic heterocycles. The number of carbonyl (C=O) groups is 1. The molecule has 4 rings (SSSR count). The van der Waals surface area contributed by atoms with E-state index in [1.807, 2.05) is 81.6 Å². The second-order valence-electron chi connectivity index (χ2n) is 8.73. The molecular formula is C26H32N4O3. The van der Waals surface area contributed by atoms with Gasteiger partial charge in [-0.2, -0.15) is 0 Å². The van der Waals surface area contributed by atoms with Gasteiger partial charge in [0.2, 0.25) is 5.91 Å². The number of nitrogens with zero attached hydrogens (tertiary/aromatic N) is 3. The summed E-state index contributed by atoms with van der Waals surface area (Å²) >= 11 is 0. The molecule has 2 aromatic carbocycles. The Bertz CT molecular complexity index is 1140.